The van der Waals surface area contributed by atoms with E-state index in [9.17, 15) is 15.2 Å². The van der Waals surface area contributed by atoms with Gasteiger partial charge in [0.05, 0.1) is 10.6 Å². The summed E-state index contributed by atoms with van der Waals surface area (Å²) in [4.78, 5) is 19.6. The van der Waals surface area contributed by atoms with Gasteiger partial charge in [-0.3, -0.25) is 15.1 Å². The molecule has 162 valence electrons. The quantitative estimate of drug-likeness (QED) is 0.209. The second kappa shape index (κ2) is 8.63. The third kappa shape index (κ3) is 4.23. The van der Waals surface area contributed by atoms with Crippen LogP contribution in [0.25, 0.3) is 22.6 Å². The van der Waals surface area contributed by atoms with Gasteiger partial charge in [0.25, 0.3) is 0 Å². The number of aryl methyl sites for hydroxylation is 1. The lowest BCUT2D eigenvalue weighted by Crippen LogP contribution is -1.93. The topological polar surface area (TPSA) is 102 Å². The van der Waals surface area contributed by atoms with Crippen LogP contribution in [-0.2, 0) is 0 Å². The van der Waals surface area contributed by atoms with E-state index in [4.69, 9.17) is 4.42 Å². The second-order valence-corrected chi connectivity index (χ2v) is 7.84. The number of nitro groups is 1. The van der Waals surface area contributed by atoms with Gasteiger partial charge >= 0.3 is 5.69 Å². The minimum Gasteiger partial charge on any atom is -0.502 e. The van der Waals surface area contributed by atoms with Crippen molar-refractivity contribution < 1.29 is 14.4 Å². The van der Waals surface area contributed by atoms with E-state index in [1.807, 2.05) is 24.3 Å². The highest BCUT2D eigenvalue weighted by Crippen LogP contribution is 2.32. The second-order valence-electron chi connectivity index (χ2n) is 7.84. The number of aromatic hydroxyl groups is 1. The van der Waals surface area contributed by atoms with Gasteiger partial charge in [-0.1, -0.05) is 26.0 Å². The Balaban J connectivity index is 1.65. The van der Waals surface area contributed by atoms with Crippen LogP contribution >= 0.6 is 0 Å². The van der Waals surface area contributed by atoms with Crippen molar-refractivity contribution in [2.45, 2.75) is 33.1 Å². The Kier molecular flexibility index (Phi) is 5.73. The maximum atomic E-state index is 11.1. The van der Waals surface area contributed by atoms with E-state index in [1.165, 1.54) is 17.8 Å². The van der Waals surface area contributed by atoms with Crippen molar-refractivity contribution >= 4 is 28.7 Å². The molecule has 1 heterocycles. The van der Waals surface area contributed by atoms with Crippen molar-refractivity contribution in [3.63, 3.8) is 0 Å². The van der Waals surface area contributed by atoms with E-state index < -0.39 is 10.7 Å². The standard InChI is InChI=1S/C25H23N3O4/c1-4-16(3)17-8-9-23-21(13-17)27-25(32-23)18-6-5-7-20(12-18)26-14-19-10-15(2)11-22(24(19)29)28(30)31/h5-14,16,29H,4H2,1-3H3/t16-/m1/s1. The van der Waals surface area contributed by atoms with Crippen LogP contribution in [0.5, 0.6) is 5.75 Å². The van der Waals surface area contributed by atoms with E-state index in [0.29, 0.717) is 23.1 Å². The first kappa shape index (κ1) is 21.2. The summed E-state index contributed by atoms with van der Waals surface area (Å²) in [7, 11) is 0. The fraction of sp³-hybridized carbons (Fsp3) is 0.200. The van der Waals surface area contributed by atoms with Crippen molar-refractivity contribution in [3.8, 4) is 17.2 Å². The number of fused-ring (bicyclic) bond motifs is 1. The van der Waals surface area contributed by atoms with Crippen molar-refractivity contribution in [2.24, 2.45) is 4.99 Å². The normalized spacial score (nSPS) is 12.5. The zero-order valence-electron chi connectivity index (χ0n) is 18.1. The molecule has 0 spiro atoms. The lowest BCUT2D eigenvalue weighted by atomic mass is 9.98. The van der Waals surface area contributed by atoms with Gasteiger partial charge in [0.15, 0.2) is 5.58 Å². The van der Waals surface area contributed by atoms with Crippen molar-refractivity contribution in [2.75, 3.05) is 0 Å². The van der Waals surface area contributed by atoms with Gasteiger partial charge < -0.3 is 9.52 Å². The number of rotatable bonds is 6. The molecule has 4 aromatic rings. The molecule has 0 saturated heterocycles. The summed E-state index contributed by atoms with van der Waals surface area (Å²) in [6.07, 6.45) is 2.47. The van der Waals surface area contributed by atoms with Crippen LogP contribution < -0.4 is 0 Å². The minimum atomic E-state index is -0.611. The zero-order valence-corrected chi connectivity index (χ0v) is 18.1. The number of phenolic OH excluding ortho intramolecular Hbond substituents is 1. The summed E-state index contributed by atoms with van der Waals surface area (Å²) in [6, 6.07) is 16.4. The molecule has 0 bridgehead atoms. The van der Waals surface area contributed by atoms with Crippen molar-refractivity contribution in [3.05, 3.63) is 81.4 Å². The van der Waals surface area contributed by atoms with E-state index in [0.717, 1.165) is 23.1 Å². The van der Waals surface area contributed by atoms with Gasteiger partial charge in [-0.15, -0.1) is 0 Å². The van der Waals surface area contributed by atoms with Gasteiger partial charge in [0.2, 0.25) is 11.6 Å². The van der Waals surface area contributed by atoms with Crippen LogP contribution in [0.2, 0.25) is 0 Å². The molecule has 0 aliphatic rings. The number of nitrogens with zero attached hydrogens (tertiary/aromatic N) is 3. The Morgan fingerprint density at radius 3 is 2.78 bits per heavy atom. The Hall–Kier alpha value is -4.00. The first-order valence-electron chi connectivity index (χ1n) is 10.4. The first-order chi connectivity index (χ1) is 15.4. The third-order valence-corrected chi connectivity index (χ3v) is 5.50. The Bertz CT molecular complexity index is 1340. The summed E-state index contributed by atoms with van der Waals surface area (Å²) < 4.78 is 5.94. The van der Waals surface area contributed by atoms with E-state index in [-0.39, 0.29) is 11.3 Å². The van der Waals surface area contributed by atoms with Gasteiger partial charge in [-0.25, -0.2) is 4.98 Å². The molecule has 4 rings (SSSR count). The molecular weight excluding hydrogens is 406 g/mol. The lowest BCUT2D eigenvalue weighted by molar-refractivity contribution is -0.385. The molecular formula is C25H23N3O4. The first-order valence-corrected chi connectivity index (χ1v) is 10.4. The molecule has 3 aromatic carbocycles. The summed E-state index contributed by atoms with van der Waals surface area (Å²) >= 11 is 0. The summed E-state index contributed by atoms with van der Waals surface area (Å²) in [5, 5.41) is 21.3. The van der Waals surface area contributed by atoms with Crippen LogP contribution in [0, 0.1) is 17.0 Å². The number of benzene rings is 3. The molecule has 0 amide bonds. The van der Waals surface area contributed by atoms with Crippen LogP contribution in [0.4, 0.5) is 11.4 Å². The number of nitro benzene ring substituents is 1. The summed E-state index contributed by atoms with van der Waals surface area (Å²) in [5.41, 5.74) is 4.72. The number of hydrogen-bond acceptors (Lipinski definition) is 6. The molecule has 1 atom stereocenters. The average molecular weight is 429 g/mol. The van der Waals surface area contributed by atoms with Crippen LogP contribution in [0.15, 0.2) is 64.0 Å². The van der Waals surface area contributed by atoms with Crippen molar-refractivity contribution in [1.82, 2.24) is 4.98 Å². The fourth-order valence-electron chi connectivity index (χ4n) is 3.50. The number of oxazole rings is 1. The SMILES string of the molecule is CC[C@@H](C)c1ccc2oc(-c3cccc(N=Cc4cc(C)cc([N+](=O)[O-])c4O)c3)nc2c1. The number of phenols is 1. The molecule has 0 radical (unpaired) electrons. The summed E-state index contributed by atoms with van der Waals surface area (Å²) in [5.74, 6) is 0.537. The van der Waals surface area contributed by atoms with Gasteiger partial charge in [-0.2, -0.15) is 0 Å². The fourth-order valence-corrected chi connectivity index (χ4v) is 3.50. The van der Waals surface area contributed by atoms with Gasteiger partial charge in [0.1, 0.15) is 5.52 Å². The Labute approximate surface area is 185 Å². The molecule has 1 N–H and O–H groups in total. The molecule has 32 heavy (non-hydrogen) atoms. The van der Waals surface area contributed by atoms with Gasteiger partial charge in [0, 0.05) is 23.4 Å². The highest BCUT2D eigenvalue weighted by molar-refractivity contribution is 5.88. The maximum Gasteiger partial charge on any atom is 0.311 e. The molecule has 0 aliphatic carbocycles. The molecule has 0 saturated carbocycles. The molecule has 1 aromatic heterocycles. The van der Waals surface area contributed by atoms with Crippen LogP contribution in [-0.4, -0.2) is 21.2 Å². The number of aliphatic imine (C=N–C) groups is 1. The molecule has 0 aliphatic heterocycles. The van der Waals surface area contributed by atoms with E-state index in [2.05, 4.69) is 36.0 Å². The minimum absolute atomic E-state index is 0.279. The highest BCUT2D eigenvalue weighted by Gasteiger charge is 2.17. The smallest absolute Gasteiger partial charge is 0.311 e. The average Bonchev–Trinajstić information content (AvgIpc) is 3.22. The lowest BCUT2D eigenvalue weighted by Gasteiger charge is -2.07. The van der Waals surface area contributed by atoms with E-state index >= 15 is 0 Å². The van der Waals surface area contributed by atoms with Gasteiger partial charge in [-0.05, 0) is 66.8 Å². The predicted molar refractivity (Wildman–Crippen MR) is 125 cm³/mol. The monoisotopic (exact) mass is 429 g/mol. The highest BCUT2D eigenvalue weighted by atomic mass is 16.6. The Morgan fingerprint density at radius 2 is 2.03 bits per heavy atom. The largest absolute Gasteiger partial charge is 0.502 e. The van der Waals surface area contributed by atoms with Crippen LogP contribution in [0.1, 0.15) is 42.9 Å². The maximum absolute atomic E-state index is 11.1. The van der Waals surface area contributed by atoms with E-state index in [1.54, 1.807) is 19.1 Å². The summed E-state index contributed by atoms with van der Waals surface area (Å²) in [6.45, 7) is 6.07. The third-order valence-electron chi connectivity index (χ3n) is 5.50. The van der Waals surface area contributed by atoms with Crippen molar-refractivity contribution in [1.29, 1.82) is 0 Å². The molecule has 7 heteroatoms. The Morgan fingerprint density at radius 1 is 1.22 bits per heavy atom. The molecule has 0 unspecified atom stereocenters. The van der Waals surface area contributed by atoms with Crippen LogP contribution in [0.3, 0.4) is 0 Å². The zero-order chi connectivity index (χ0) is 22.8. The predicted octanol–water partition coefficient (Wildman–Crippen LogP) is 6.68. The number of hydrogen-bond donors (Lipinski definition) is 1. The molecule has 0 fully saturated rings. The number of aromatic nitrogens is 1. The molecule has 7 nitrogen and oxygen atoms in total.